The predicted octanol–water partition coefficient (Wildman–Crippen LogP) is 3.23. The van der Waals surface area contributed by atoms with Crippen molar-refractivity contribution in [2.75, 3.05) is 6.61 Å². The maximum Gasteiger partial charge on any atom is 0.255 e. The number of hydrogen-bond acceptors (Lipinski definition) is 8. The normalized spacial score (nSPS) is 44.0. The quantitative estimate of drug-likeness (QED) is 0.385. The molecule has 0 bridgehead atoms. The summed E-state index contributed by atoms with van der Waals surface area (Å²) >= 11 is 0. The third-order valence-corrected chi connectivity index (χ3v) is 11.7. The molecule has 11 atom stereocenters. The van der Waals surface area contributed by atoms with Crippen LogP contribution in [0.1, 0.15) is 61.7 Å². The Labute approximate surface area is 265 Å². The van der Waals surface area contributed by atoms with Crippen LogP contribution in [0.2, 0.25) is 0 Å². The molecule has 1 heterocycles. The molecule has 1 aliphatic heterocycles. The van der Waals surface area contributed by atoms with Crippen molar-refractivity contribution in [3.8, 4) is 0 Å². The van der Waals surface area contributed by atoms with E-state index in [1.807, 2.05) is 6.08 Å². The molecule has 1 saturated heterocycles. The number of halogens is 2. The van der Waals surface area contributed by atoms with E-state index in [-0.39, 0.29) is 36.8 Å². The number of fused-ring (bicyclic) bond motifs is 7. The van der Waals surface area contributed by atoms with E-state index in [1.54, 1.807) is 43.3 Å². The largest absolute Gasteiger partial charge is 0.390 e. The van der Waals surface area contributed by atoms with Gasteiger partial charge in [0.1, 0.15) is 12.8 Å². The first-order valence-electron chi connectivity index (χ1n) is 15.8. The number of carbonyl (C=O) groups is 3. The van der Waals surface area contributed by atoms with Crippen molar-refractivity contribution in [3.05, 3.63) is 83.1 Å². The standard InChI is InChI=1S/C35H38F2N2O7/c1-32-11-10-22(41)13-25(32)26(36)14-24-23-15-29-35(28(43)17-40,33(23,2)16-27(42)34(24,32)37)46-31(45-29)19-8-6-18(7-9-19)30(44)39-21-5-3-4-20(38)12-21/h3,5-13,20,23-24,26-27,29,31,40,42H,4,14-17,38H2,1-2H3,(H,39,44)/t20?,23-,24-,26-,27-,29+,31-,32-,33-,34-,35+/m0/s1. The van der Waals surface area contributed by atoms with Gasteiger partial charge in [0.2, 0.25) is 0 Å². The Hall–Kier alpha value is -3.35. The molecule has 9 nitrogen and oxygen atoms in total. The molecule has 5 aliphatic carbocycles. The Bertz CT molecular complexity index is 1620. The molecule has 0 aromatic heterocycles. The van der Waals surface area contributed by atoms with Crippen molar-refractivity contribution in [1.29, 1.82) is 0 Å². The van der Waals surface area contributed by atoms with Crippen LogP contribution in [0.3, 0.4) is 0 Å². The lowest BCUT2D eigenvalue weighted by Gasteiger charge is -2.63. The molecule has 7 rings (SSSR count). The highest BCUT2D eigenvalue weighted by molar-refractivity contribution is 6.01. The smallest absolute Gasteiger partial charge is 0.255 e. The van der Waals surface area contributed by atoms with Crippen molar-refractivity contribution >= 4 is 17.5 Å². The van der Waals surface area contributed by atoms with Crippen LogP contribution in [0.4, 0.5) is 8.78 Å². The molecule has 1 aromatic rings. The van der Waals surface area contributed by atoms with Gasteiger partial charge in [-0.1, -0.05) is 31.2 Å². The number of ether oxygens (including phenoxy) is 2. The van der Waals surface area contributed by atoms with Crippen molar-refractivity contribution < 1.29 is 42.9 Å². The fourth-order valence-corrected chi connectivity index (χ4v) is 9.50. The number of carbonyl (C=O) groups excluding carboxylic acids is 3. The molecule has 5 N–H and O–H groups in total. The number of allylic oxidation sites excluding steroid dienone is 5. The summed E-state index contributed by atoms with van der Waals surface area (Å²) in [6.45, 7) is 2.38. The van der Waals surface area contributed by atoms with E-state index in [2.05, 4.69) is 5.32 Å². The van der Waals surface area contributed by atoms with Crippen LogP contribution in [-0.2, 0) is 19.1 Å². The third kappa shape index (κ3) is 4.11. The fourth-order valence-electron chi connectivity index (χ4n) is 9.50. The Kier molecular flexibility index (Phi) is 7.19. The highest BCUT2D eigenvalue weighted by Gasteiger charge is 2.80. The SMILES string of the molecule is C[C@]12C=CC(=O)C=C1[C@@H](F)C[C@H]1[C@@H]3C[C@H]4O[C@H](c5ccc(C(=O)NC6=CC(N)CC=C6)cc5)O[C@@]4(C(=O)CO)[C@@]3(C)C[C@H](O)[C@@]12F. The second kappa shape index (κ2) is 10.6. The lowest BCUT2D eigenvalue weighted by atomic mass is 9.44. The summed E-state index contributed by atoms with van der Waals surface area (Å²) in [5.74, 6) is -3.10. The summed E-state index contributed by atoms with van der Waals surface area (Å²) in [5.41, 5.74) is 0.596. The van der Waals surface area contributed by atoms with Gasteiger partial charge in [0.15, 0.2) is 29.1 Å². The zero-order valence-corrected chi connectivity index (χ0v) is 25.6. The fraction of sp³-hybridized carbons (Fsp3) is 0.514. The van der Waals surface area contributed by atoms with Crippen LogP contribution in [0.25, 0.3) is 0 Å². The second-order valence-corrected chi connectivity index (χ2v) is 14.0. The van der Waals surface area contributed by atoms with E-state index >= 15 is 8.78 Å². The molecule has 11 heteroatoms. The zero-order chi connectivity index (χ0) is 32.8. The van der Waals surface area contributed by atoms with Gasteiger partial charge in [0, 0.05) is 39.6 Å². The number of benzene rings is 1. The molecule has 244 valence electrons. The number of Topliss-reactive ketones (excluding diaryl/α,β-unsaturated/α-hetero) is 1. The molecule has 6 aliphatic rings. The van der Waals surface area contributed by atoms with Crippen molar-refractivity contribution in [2.24, 2.45) is 28.4 Å². The van der Waals surface area contributed by atoms with E-state index in [4.69, 9.17) is 15.2 Å². The number of rotatable bonds is 5. The summed E-state index contributed by atoms with van der Waals surface area (Å²) < 4.78 is 46.2. The van der Waals surface area contributed by atoms with Gasteiger partial charge in [-0.3, -0.25) is 14.4 Å². The van der Waals surface area contributed by atoms with Gasteiger partial charge in [0.25, 0.3) is 5.91 Å². The average Bonchev–Trinajstić information content (AvgIpc) is 3.52. The summed E-state index contributed by atoms with van der Waals surface area (Å²) in [7, 11) is 0. The Morgan fingerprint density at radius 2 is 1.87 bits per heavy atom. The first-order chi connectivity index (χ1) is 21.8. The number of amides is 1. The number of alkyl halides is 2. The van der Waals surface area contributed by atoms with Crippen LogP contribution >= 0.6 is 0 Å². The predicted molar refractivity (Wildman–Crippen MR) is 161 cm³/mol. The van der Waals surface area contributed by atoms with E-state index in [9.17, 15) is 24.6 Å². The van der Waals surface area contributed by atoms with Gasteiger partial charge in [-0.05, 0) is 80.5 Å². The Balaban J connectivity index is 1.18. The molecule has 4 fully saturated rings. The van der Waals surface area contributed by atoms with Crippen molar-refractivity contribution in [1.82, 2.24) is 5.32 Å². The van der Waals surface area contributed by atoms with E-state index in [0.29, 0.717) is 23.2 Å². The van der Waals surface area contributed by atoms with E-state index < -0.39 is 76.8 Å². The van der Waals surface area contributed by atoms with Crippen LogP contribution < -0.4 is 11.1 Å². The third-order valence-electron chi connectivity index (χ3n) is 11.7. The molecular formula is C35H38F2N2O7. The number of nitrogens with one attached hydrogen (secondary N) is 1. The van der Waals surface area contributed by atoms with Gasteiger partial charge in [-0.15, -0.1) is 0 Å². The Morgan fingerprint density at radius 1 is 1.13 bits per heavy atom. The topological polar surface area (TPSA) is 148 Å². The highest BCUT2D eigenvalue weighted by atomic mass is 19.1. The number of hydrogen-bond donors (Lipinski definition) is 4. The minimum absolute atomic E-state index is 0.0148. The van der Waals surface area contributed by atoms with Crippen molar-refractivity contribution in [3.63, 3.8) is 0 Å². The lowest BCUT2D eigenvalue weighted by molar-refractivity contribution is -0.235. The van der Waals surface area contributed by atoms with Gasteiger partial charge in [0.05, 0.1) is 12.2 Å². The minimum atomic E-state index is -2.32. The van der Waals surface area contributed by atoms with E-state index in [0.717, 1.165) is 6.08 Å². The Morgan fingerprint density at radius 3 is 2.57 bits per heavy atom. The summed E-state index contributed by atoms with van der Waals surface area (Å²) in [6.07, 6.45) is 4.28. The molecule has 1 amide bonds. The minimum Gasteiger partial charge on any atom is -0.390 e. The second-order valence-electron chi connectivity index (χ2n) is 14.0. The highest BCUT2D eigenvalue weighted by Crippen LogP contribution is 2.72. The first kappa shape index (κ1) is 31.3. The van der Waals surface area contributed by atoms with Gasteiger partial charge < -0.3 is 30.7 Å². The molecule has 1 unspecified atom stereocenters. The number of nitrogens with two attached hydrogens (primary N) is 1. The molecule has 46 heavy (non-hydrogen) atoms. The lowest BCUT2D eigenvalue weighted by Crippen LogP contribution is -2.70. The van der Waals surface area contributed by atoms with Crippen LogP contribution in [-0.4, -0.2) is 70.0 Å². The maximum atomic E-state index is 17.6. The molecule has 0 spiro atoms. The number of aliphatic hydroxyl groups excluding tert-OH is 2. The molecule has 0 radical (unpaired) electrons. The summed E-state index contributed by atoms with van der Waals surface area (Å²) in [4.78, 5) is 38.7. The molecule has 3 saturated carbocycles. The summed E-state index contributed by atoms with van der Waals surface area (Å²) in [5, 5.41) is 24.6. The molecule has 1 aromatic carbocycles. The van der Waals surface area contributed by atoms with Crippen LogP contribution in [0, 0.1) is 22.7 Å². The zero-order valence-electron chi connectivity index (χ0n) is 25.6. The van der Waals surface area contributed by atoms with Gasteiger partial charge in [-0.2, -0.15) is 0 Å². The summed E-state index contributed by atoms with van der Waals surface area (Å²) in [6, 6.07) is 6.32. The number of aliphatic hydroxyl groups is 2. The molecular weight excluding hydrogens is 598 g/mol. The van der Waals surface area contributed by atoms with Gasteiger partial charge >= 0.3 is 0 Å². The average molecular weight is 637 g/mol. The van der Waals surface area contributed by atoms with Crippen molar-refractivity contribution in [2.45, 2.75) is 81.5 Å². The maximum absolute atomic E-state index is 17.6. The van der Waals surface area contributed by atoms with Gasteiger partial charge in [-0.25, -0.2) is 8.78 Å². The number of ketones is 2. The first-order valence-corrected chi connectivity index (χ1v) is 15.8. The van der Waals surface area contributed by atoms with E-state index in [1.165, 1.54) is 19.1 Å². The monoisotopic (exact) mass is 636 g/mol. The van der Waals surface area contributed by atoms with Crippen LogP contribution in [0.5, 0.6) is 0 Å². The van der Waals surface area contributed by atoms with Crippen LogP contribution in [0.15, 0.2) is 72.0 Å².